The van der Waals surface area contributed by atoms with Gasteiger partial charge in [0.05, 0.1) is 10.7 Å². The fraction of sp³-hybridized carbons (Fsp3) is 0.294. The van der Waals surface area contributed by atoms with E-state index < -0.39 is 4.92 Å². The van der Waals surface area contributed by atoms with Crippen LogP contribution in [0.15, 0.2) is 53.7 Å². The summed E-state index contributed by atoms with van der Waals surface area (Å²) < 4.78 is 0. The number of piperazine rings is 1. The third kappa shape index (κ3) is 4.48. The second kappa shape index (κ2) is 7.98. The molecule has 0 radical (unpaired) electrons. The molecule has 0 aliphatic carbocycles. The van der Waals surface area contributed by atoms with Crippen LogP contribution in [0.3, 0.4) is 0 Å². The number of aromatic nitrogens is 1. The lowest BCUT2D eigenvalue weighted by atomic mass is 10.2. The molecule has 1 saturated heterocycles. The number of nitrogens with zero attached hydrogens (tertiary/aromatic N) is 4. The summed E-state index contributed by atoms with van der Waals surface area (Å²) in [5, 5.41) is 10.6. The quantitative estimate of drug-likeness (QED) is 0.464. The number of hydrogen-bond acceptors (Lipinski definition) is 6. The Hall–Kier alpha value is -2.61. The lowest BCUT2D eigenvalue weighted by Gasteiger charge is -2.36. The number of nitro benzene ring substituents is 1. The van der Waals surface area contributed by atoms with Crippen LogP contribution in [0.1, 0.15) is 0 Å². The lowest BCUT2D eigenvalue weighted by Crippen LogP contribution is -2.49. The minimum Gasteiger partial charge on any atom is -0.368 e. The Kier molecular flexibility index (Phi) is 5.49. The lowest BCUT2D eigenvalue weighted by molar-refractivity contribution is -0.384. The van der Waals surface area contributed by atoms with Crippen molar-refractivity contribution in [3.05, 3.63) is 58.9 Å². The molecule has 0 saturated carbocycles. The SMILES string of the molecule is O=C(CSc1ccc([N+](=O)[O-])cc1)N1CCN(c2ccncc2)CC1. The first kappa shape index (κ1) is 17.2. The summed E-state index contributed by atoms with van der Waals surface area (Å²) in [4.78, 5) is 31.6. The van der Waals surface area contributed by atoms with Gasteiger partial charge in [0.25, 0.3) is 5.69 Å². The molecule has 7 nitrogen and oxygen atoms in total. The van der Waals surface area contributed by atoms with Crippen molar-refractivity contribution in [2.24, 2.45) is 0 Å². The van der Waals surface area contributed by atoms with Crippen molar-refractivity contribution in [1.29, 1.82) is 0 Å². The highest BCUT2D eigenvalue weighted by Gasteiger charge is 2.21. The summed E-state index contributed by atoms with van der Waals surface area (Å²) in [7, 11) is 0. The minimum absolute atomic E-state index is 0.0583. The van der Waals surface area contributed by atoms with Crippen molar-refractivity contribution >= 4 is 29.0 Å². The van der Waals surface area contributed by atoms with E-state index in [1.165, 1.54) is 23.9 Å². The zero-order chi connectivity index (χ0) is 17.6. The molecule has 0 spiro atoms. The molecule has 1 fully saturated rings. The first-order chi connectivity index (χ1) is 12.1. The van der Waals surface area contributed by atoms with Gasteiger partial charge in [-0.2, -0.15) is 0 Å². The van der Waals surface area contributed by atoms with E-state index in [4.69, 9.17) is 0 Å². The normalized spacial score (nSPS) is 14.4. The molecule has 1 aliphatic heterocycles. The monoisotopic (exact) mass is 358 g/mol. The largest absolute Gasteiger partial charge is 0.368 e. The van der Waals surface area contributed by atoms with Crippen molar-refractivity contribution in [2.75, 3.05) is 36.8 Å². The summed E-state index contributed by atoms with van der Waals surface area (Å²) in [6, 6.07) is 10.2. The Morgan fingerprint density at radius 1 is 1.08 bits per heavy atom. The Morgan fingerprint density at radius 2 is 1.72 bits per heavy atom. The van der Waals surface area contributed by atoms with Gasteiger partial charge in [-0.1, -0.05) is 0 Å². The van der Waals surface area contributed by atoms with Crippen LogP contribution < -0.4 is 4.90 Å². The summed E-state index contributed by atoms with van der Waals surface area (Å²) in [6.45, 7) is 3.00. The van der Waals surface area contributed by atoms with Gasteiger partial charge in [-0.05, 0) is 24.3 Å². The number of pyridine rings is 1. The van der Waals surface area contributed by atoms with Crippen molar-refractivity contribution in [1.82, 2.24) is 9.88 Å². The number of hydrogen-bond donors (Lipinski definition) is 0. The maximum Gasteiger partial charge on any atom is 0.269 e. The van der Waals surface area contributed by atoms with Gasteiger partial charge in [0, 0.05) is 61.3 Å². The van der Waals surface area contributed by atoms with E-state index in [0.717, 1.165) is 23.7 Å². The third-order valence-electron chi connectivity index (χ3n) is 4.07. The van der Waals surface area contributed by atoms with Crippen molar-refractivity contribution in [3.8, 4) is 0 Å². The van der Waals surface area contributed by atoms with Crippen molar-refractivity contribution < 1.29 is 9.72 Å². The highest BCUT2D eigenvalue weighted by Crippen LogP contribution is 2.22. The molecule has 130 valence electrons. The van der Waals surface area contributed by atoms with Crippen LogP contribution in [-0.2, 0) is 4.79 Å². The average Bonchev–Trinajstić information content (AvgIpc) is 2.67. The van der Waals surface area contributed by atoms with E-state index in [1.54, 1.807) is 24.5 Å². The van der Waals surface area contributed by atoms with Crippen LogP contribution in [0, 0.1) is 10.1 Å². The van der Waals surface area contributed by atoms with Crippen LogP contribution in [0.5, 0.6) is 0 Å². The number of carbonyl (C=O) groups excluding carboxylic acids is 1. The fourth-order valence-corrected chi connectivity index (χ4v) is 3.47. The second-order valence-electron chi connectivity index (χ2n) is 5.61. The number of thioether (sulfide) groups is 1. The number of nitro groups is 1. The van der Waals surface area contributed by atoms with Crippen molar-refractivity contribution in [2.45, 2.75) is 4.90 Å². The second-order valence-corrected chi connectivity index (χ2v) is 6.66. The van der Waals surface area contributed by atoms with Gasteiger partial charge < -0.3 is 9.80 Å². The molecule has 1 amide bonds. The first-order valence-electron chi connectivity index (χ1n) is 7.93. The number of non-ortho nitro benzene ring substituents is 1. The number of rotatable bonds is 5. The number of carbonyl (C=O) groups is 1. The Morgan fingerprint density at radius 3 is 2.32 bits per heavy atom. The molecule has 3 rings (SSSR count). The molecule has 8 heteroatoms. The van der Waals surface area contributed by atoms with Crippen molar-refractivity contribution in [3.63, 3.8) is 0 Å². The van der Waals surface area contributed by atoms with E-state index in [9.17, 15) is 14.9 Å². The van der Waals surface area contributed by atoms with Gasteiger partial charge in [-0.25, -0.2) is 0 Å². The van der Waals surface area contributed by atoms with E-state index in [-0.39, 0.29) is 11.6 Å². The summed E-state index contributed by atoms with van der Waals surface area (Å²) >= 11 is 1.40. The smallest absolute Gasteiger partial charge is 0.269 e. The Bertz CT molecular complexity index is 731. The number of amides is 1. The van der Waals surface area contributed by atoms with Crippen LogP contribution in [0.2, 0.25) is 0 Å². The van der Waals surface area contributed by atoms with E-state index >= 15 is 0 Å². The molecule has 2 heterocycles. The first-order valence-corrected chi connectivity index (χ1v) is 8.92. The molecule has 0 unspecified atom stereocenters. The third-order valence-corrected chi connectivity index (χ3v) is 5.07. The topological polar surface area (TPSA) is 79.6 Å². The fourth-order valence-electron chi connectivity index (χ4n) is 2.67. The standard InChI is InChI=1S/C17H18N4O3S/c22-17(13-25-16-3-1-15(2-4-16)21(23)24)20-11-9-19(10-12-20)14-5-7-18-8-6-14/h1-8H,9-13H2. The Labute approximate surface area is 149 Å². The summed E-state index contributed by atoms with van der Waals surface area (Å²) in [5.74, 6) is 0.435. The van der Waals surface area contributed by atoms with Gasteiger partial charge >= 0.3 is 0 Å². The maximum absolute atomic E-state index is 12.4. The predicted octanol–water partition coefficient (Wildman–Crippen LogP) is 2.43. The zero-order valence-corrected chi connectivity index (χ0v) is 14.4. The molecule has 0 bridgehead atoms. The molecule has 1 aromatic heterocycles. The molecule has 1 aliphatic rings. The van der Waals surface area contributed by atoms with Gasteiger partial charge in [0.2, 0.25) is 5.91 Å². The Balaban J connectivity index is 1.47. The summed E-state index contributed by atoms with van der Waals surface area (Å²) in [6.07, 6.45) is 3.54. The van der Waals surface area contributed by atoms with Crippen LogP contribution >= 0.6 is 11.8 Å². The minimum atomic E-state index is -0.429. The molecular weight excluding hydrogens is 340 g/mol. The molecule has 0 atom stereocenters. The zero-order valence-electron chi connectivity index (χ0n) is 13.6. The number of anilines is 1. The van der Waals surface area contributed by atoms with Crippen LogP contribution in [0.25, 0.3) is 0 Å². The van der Waals surface area contributed by atoms with Gasteiger partial charge in [-0.3, -0.25) is 19.9 Å². The highest BCUT2D eigenvalue weighted by molar-refractivity contribution is 8.00. The van der Waals surface area contributed by atoms with Crippen LogP contribution in [0.4, 0.5) is 11.4 Å². The number of benzene rings is 1. The molecule has 25 heavy (non-hydrogen) atoms. The molecule has 0 N–H and O–H groups in total. The van der Waals surface area contributed by atoms with E-state index in [2.05, 4.69) is 9.88 Å². The molecule has 1 aromatic carbocycles. The maximum atomic E-state index is 12.4. The summed E-state index contributed by atoms with van der Waals surface area (Å²) in [5.41, 5.74) is 1.19. The van der Waals surface area contributed by atoms with Gasteiger partial charge in [0.1, 0.15) is 0 Å². The van der Waals surface area contributed by atoms with Gasteiger partial charge in [0.15, 0.2) is 0 Å². The van der Waals surface area contributed by atoms with E-state index in [0.29, 0.717) is 18.8 Å². The highest BCUT2D eigenvalue weighted by atomic mass is 32.2. The van der Waals surface area contributed by atoms with Gasteiger partial charge in [-0.15, -0.1) is 11.8 Å². The average molecular weight is 358 g/mol. The predicted molar refractivity (Wildman–Crippen MR) is 96.9 cm³/mol. The molecular formula is C17H18N4O3S. The van der Waals surface area contributed by atoms with Crippen LogP contribution in [-0.4, -0.2) is 52.6 Å². The molecule has 2 aromatic rings. The van der Waals surface area contributed by atoms with E-state index in [1.807, 2.05) is 17.0 Å².